The van der Waals surface area contributed by atoms with Gasteiger partial charge in [0.15, 0.2) is 0 Å². The molecular weight excluding hydrogens is 141 g/mol. The van der Waals surface area contributed by atoms with Crippen LogP contribution in [0, 0.1) is 5.82 Å². The molecule has 0 N–H and O–H groups in total. The Morgan fingerprint density at radius 3 is 2.27 bits per heavy atom. The highest BCUT2D eigenvalue weighted by atomic mass is 19.1. The Labute approximate surface area is 65.6 Å². The highest BCUT2D eigenvalue weighted by Crippen LogP contribution is 2.03. The summed E-state index contributed by atoms with van der Waals surface area (Å²) in [6.45, 7) is 1.90. The van der Waals surface area contributed by atoms with Gasteiger partial charge >= 0.3 is 0 Å². The molecule has 0 amide bonds. The third-order valence-electron chi connectivity index (χ3n) is 1.60. The van der Waals surface area contributed by atoms with Crippen molar-refractivity contribution in [2.24, 2.45) is 4.99 Å². The molecule has 58 valence electrons. The molecule has 0 saturated carbocycles. The van der Waals surface area contributed by atoms with Gasteiger partial charge in [0.2, 0.25) is 0 Å². The van der Waals surface area contributed by atoms with Gasteiger partial charge in [0.1, 0.15) is 5.82 Å². The van der Waals surface area contributed by atoms with Crippen molar-refractivity contribution in [1.29, 1.82) is 0 Å². The summed E-state index contributed by atoms with van der Waals surface area (Å²) in [5.41, 5.74) is 1.89. The van der Waals surface area contributed by atoms with Crippen molar-refractivity contribution < 1.29 is 4.39 Å². The maximum Gasteiger partial charge on any atom is 0.123 e. The van der Waals surface area contributed by atoms with E-state index in [4.69, 9.17) is 0 Å². The van der Waals surface area contributed by atoms with Crippen molar-refractivity contribution in [2.45, 2.75) is 6.92 Å². The summed E-state index contributed by atoms with van der Waals surface area (Å²) in [5, 5.41) is 0. The van der Waals surface area contributed by atoms with E-state index >= 15 is 0 Å². The number of aliphatic imine (C=N–C) groups is 1. The van der Waals surface area contributed by atoms with Gasteiger partial charge in [0, 0.05) is 12.8 Å². The van der Waals surface area contributed by atoms with Crippen molar-refractivity contribution in [1.82, 2.24) is 0 Å². The van der Waals surface area contributed by atoms with Crippen LogP contribution in [0.5, 0.6) is 0 Å². The van der Waals surface area contributed by atoms with Crippen molar-refractivity contribution in [3.05, 3.63) is 35.6 Å². The van der Waals surface area contributed by atoms with Crippen LogP contribution >= 0.6 is 0 Å². The number of benzene rings is 1. The van der Waals surface area contributed by atoms with Crippen molar-refractivity contribution in [3.63, 3.8) is 0 Å². The summed E-state index contributed by atoms with van der Waals surface area (Å²) < 4.78 is 12.4. The minimum absolute atomic E-state index is 0.211. The van der Waals surface area contributed by atoms with Gasteiger partial charge in [-0.25, -0.2) is 4.39 Å². The Bertz CT molecular complexity index is 261. The topological polar surface area (TPSA) is 12.4 Å². The zero-order valence-corrected chi connectivity index (χ0v) is 6.63. The van der Waals surface area contributed by atoms with Gasteiger partial charge in [-0.2, -0.15) is 0 Å². The molecule has 0 saturated heterocycles. The van der Waals surface area contributed by atoms with E-state index in [-0.39, 0.29) is 5.82 Å². The lowest BCUT2D eigenvalue weighted by Gasteiger charge is -1.97. The monoisotopic (exact) mass is 151 g/mol. The highest BCUT2D eigenvalue weighted by Gasteiger charge is 1.94. The smallest absolute Gasteiger partial charge is 0.123 e. The van der Waals surface area contributed by atoms with Gasteiger partial charge in [-0.1, -0.05) is 12.1 Å². The fourth-order valence-corrected chi connectivity index (χ4v) is 0.820. The maximum atomic E-state index is 12.4. The average molecular weight is 151 g/mol. The minimum Gasteiger partial charge on any atom is -0.293 e. The predicted octanol–water partition coefficient (Wildman–Crippen LogP) is 2.26. The lowest BCUT2D eigenvalue weighted by atomic mass is 10.1. The first-order valence-corrected chi connectivity index (χ1v) is 3.43. The first kappa shape index (κ1) is 7.92. The molecule has 0 spiro atoms. The zero-order valence-electron chi connectivity index (χ0n) is 6.63. The van der Waals surface area contributed by atoms with Crippen LogP contribution in [0.25, 0.3) is 0 Å². The highest BCUT2D eigenvalue weighted by molar-refractivity contribution is 5.98. The second-order valence-electron chi connectivity index (χ2n) is 2.32. The van der Waals surface area contributed by atoms with Gasteiger partial charge in [-0.05, 0) is 24.6 Å². The van der Waals surface area contributed by atoms with Crippen molar-refractivity contribution in [2.75, 3.05) is 7.05 Å². The number of hydrogen-bond acceptors (Lipinski definition) is 1. The fourth-order valence-electron chi connectivity index (χ4n) is 0.820. The SMILES string of the molecule is C/N=C(\C)c1ccc(F)cc1. The Morgan fingerprint density at radius 2 is 1.82 bits per heavy atom. The van der Waals surface area contributed by atoms with Gasteiger partial charge in [0.25, 0.3) is 0 Å². The van der Waals surface area contributed by atoms with Crippen molar-refractivity contribution in [3.8, 4) is 0 Å². The van der Waals surface area contributed by atoms with E-state index < -0.39 is 0 Å². The molecule has 1 rings (SSSR count). The minimum atomic E-state index is -0.211. The molecular formula is C9H10FN. The van der Waals surface area contributed by atoms with Crippen LogP contribution in [0.3, 0.4) is 0 Å². The number of nitrogens with zero attached hydrogens (tertiary/aromatic N) is 1. The number of rotatable bonds is 1. The van der Waals surface area contributed by atoms with Gasteiger partial charge in [-0.15, -0.1) is 0 Å². The molecule has 0 fully saturated rings. The molecule has 0 aromatic heterocycles. The number of halogens is 1. The standard InChI is InChI=1S/C9H10FN/c1-7(11-2)8-3-5-9(10)6-4-8/h3-6H,1-2H3/b11-7+. The van der Waals surface area contributed by atoms with Crippen LogP contribution in [0.15, 0.2) is 29.3 Å². The summed E-state index contributed by atoms with van der Waals surface area (Å²) in [4.78, 5) is 3.98. The summed E-state index contributed by atoms with van der Waals surface area (Å²) in [6.07, 6.45) is 0. The second kappa shape index (κ2) is 3.28. The van der Waals surface area contributed by atoms with Gasteiger partial charge in [0.05, 0.1) is 0 Å². The summed E-state index contributed by atoms with van der Waals surface area (Å²) in [5.74, 6) is -0.211. The summed E-state index contributed by atoms with van der Waals surface area (Å²) in [7, 11) is 1.72. The second-order valence-corrected chi connectivity index (χ2v) is 2.32. The van der Waals surface area contributed by atoms with E-state index in [1.54, 1.807) is 19.2 Å². The van der Waals surface area contributed by atoms with Crippen LogP contribution in [-0.2, 0) is 0 Å². The largest absolute Gasteiger partial charge is 0.293 e. The molecule has 1 aromatic carbocycles. The lowest BCUT2D eigenvalue weighted by Crippen LogP contribution is -1.93. The molecule has 0 heterocycles. The van der Waals surface area contributed by atoms with Crippen LogP contribution in [0.2, 0.25) is 0 Å². The van der Waals surface area contributed by atoms with E-state index in [1.165, 1.54) is 12.1 Å². The maximum absolute atomic E-state index is 12.4. The van der Waals surface area contributed by atoms with Crippen LogP contribution in [0.1, 0.15) is 12.5 Å². The molecule has 0 radical (unpaired) electrons. The predicted molar refractivity (Wildman–Crippen MR) is 44.5 cm³/mol. The molecule has 0 aliphatic carbocycles. The van der Waals surface area contributed by atoms with E-state index in [0.717, 1.165) is 11.3 Å². The van der Waals surface area contributed by atoms with E-state index in [2.05, 4.69) is 4.99 Å². The quantitative estimate of drug-likeness (QED) is 0.546. The molecule has 11 heavy (non-hydrogen) atoms. The summed E-state index contributed by atoms with van der Waals surface area (Å²) >= 11 is 0. The molecule has 2 heteroatoms. The Morgan fingerprint density at radius 1 is 1.27 bits per heavy atom. The van der Waals surface area contributed by atoms with Crippen molar-refractivity contribution >= 4 is 5.71 Å². The zero-order chi connectivity index (χ0) is 8.27. The molecule has 0 aliphatic heterocycles. The van der Waals surface area contributed by atoms with E-state index in [0.29, 0.717) is 0 Å². The first-order chi connectivity index (χ1) is 5.24. The Hall–Kier alpha value is -1.18. The molecule has 1 nitrogen and oxygen atoms in total. The van der Waals surface area contributed by atoms with E-state index in [1.807, 2.05) is 6.92 Å². The number of hydrogen-bond donors (Lipinski definition) is 0. The van der Waals surface area contributed by atoms with Crippen LogP contribution in [0.4, 0.5) is 4.39 Å². The normalized spacial score (nSPS) is 11.7. The molecule has 1 aromatic rings. The average Bonchev–Trinajstić information content (AvgIpc) is 2.05. The molecule has 0 unspecified atom stereocenters. The van der Waals surface area contributed by atoms with Crippen LogP contribution < -0.4 is 0 Å². The third-order valence-corrected chi connectivity index (χ3v) is 1.60. The van der Waals surface area contributed by atoms with E-state index in [9.17, 15) is 4.39 Å². The van der Waals surface area contributed by atoms with Gasteiger partial charge < -0.3 is 0 Å². The third kappa shape index (κ3) is 1.87. The molecule has 0 aliphatic rings. The van der Waals surface area contributed by atoms with Crippen LogP contribution in [-0.4, -0.2) is 12.8 Å². The summed E-state index contributed by atoms with van der Waals surface area (Å²) in [6, 6.07) is 6.31. The Kier molecular flexibility index (Phi) is 2.36. The van der Waals surface area contributed by atoms with Gasteiger partial charge in [-0.3, -0.25) is 4.99 Å². The lowest BCUT2D eigenvalue weighted by molar-refractivity contribution is 0.628. The Balaban J connectivity index is 2.99. The first-order valence-electron chi connectivity index (χ1n) is 3.43. The molecule has 0 atom stereocenters. The fraction of sp³-hybridized carbons (Fsp3) is 0.222. The molecule has 0 bridgehead atoms.